The predicted molar refractivity (Wildman–Crippen MR) is 65.1 cm³/mol. The minimum atomic E-state index is -0.635. The highest BCUT2D eigenvalue weighted by atomic mass is 16.3. The highest BCUT2D eigenvalue weighted by molar-refractivity contribution is 5.23. The average molecular weight is 219 g/mol. The van der Waals surface area contributed by atoms with Crippen LogP contribution >= 0.6 is 0 Å². The van der Waals surface area contributed by atoms with E-state index in [2.05, 4.69) is 18.0 Å². The Kier molecular flexibility index (Phi) is 3.29. The monoisotopic (exact) mass is 219 g/mol. The van der Waals surface area contributed by atoms with Gasteiger partial charge in [0.05, 0.1) is 5.60 Å². The Labute approximate surface area is 97.7 Å². The molecule has 1 saturated carbocycles. The zero-order valence-electron chi connectivity index (χ0n) is 10.2. The van der Waals surface area contributed by atoms with Crippen LogP contribution < -0.4 is 0 Å². The summed E-state index contributed by atoms with van der Waals surface area (Å²) in [7, 11) is 0. The summed E-state index contributed by atoms with van der Waals surface area (Å²) in [6.45, 7) is 4.30. The van der Waals surface area contributed by atoms with E-state index >= 15 is 0 Å². The summed E-state index contributed by atoms with van der Waals surface area (Å²) < 4.78 is 0. The van der Waals surface area contributed by atoms with E-state index in [0.29, 0.717) is 0 Å². The minimum absolute atomic E-state index is 0.635. The molecule has 16 heavy (non-hydrogen) atoms. The number of aromatic nitrogens is 1. The number of hydrogen-bond acceptors (Lipinski definition) is 2. The molecule has 0 aromatic carbocycles. The Balaban J connectivity index is 2.23. The Bertz CT molecular complexity index is 364. The fourth-order valence-electron chi connectivity index (χ4n) is 2.60. The van der Waals surface area contributed by atoms with E-state index in [1.807, 2.05) is 19.3 Å². The van der Waals surface area contributed by atoms with E-state index in [1.165, 1.54) is 6.42 Å². The lowest BCUT2D eigenvalue weighted by molar-refractivity contribution is 0.0194. The summed E-state index contributed by atoms with van der Waals surface area (Å²) in [5.74, 6) is 0.742. The first-order chi connectivity index (χ1) is 7.60. The molecule has 2 rings (SSSR count). The van der Waals surface area contributed by atoms with Crippen LogP contribution in [0, 0.1) is 12.8 Å². The molecule has 2 atom stereocenters. The Morgan fingerprint density at radius 1 is 1.31 bits per heavy atom. The number of pyridine rings is 1. The van der Waals surface area contributed by atoms with Crippen molar-refractivity contribution in [3.05, 3.63) is 29.6 Å². The molecule has 1 N–H and O–H groups in total. The fourth-order valence-corrected chi connectivity index (χ4v) is 2.60. The molecule has 0 saturated heterocycles. The van der Waals surface area contributed by atoms with Crippen LogP contribution in [-0.4, -0.2) is 10.1 Å². The van der Waals surface area contributed by atoms with Gasteiger partial charge >= 0.3 is 0 Å². The first kappa shape index (κ1) is 11.6. The smallest absolute Gasteiger partial charge is 0.0911 e. The van der Waals surface area contributed by atoms with Gasteiger partial charge in [0.15, 0.2) is 0 Å². The lowest BCUT2D eigenvalue weighted by atomic mass is 9.87. The molecule has 2 unspecified atom stereocenters. The molecule has 1 aliphatic rings. The molecule has 0 amide bonds. The average Bonchev–Trinajstić information content (AvgIpc) is 2.42. The van der Waals surface area contributed by atoms with Gasteiger partial charge < -0.3 is 5.11 Å². The van der Waals surface area contributed by atoms with Crippen molar-refractivity contribution >= 4 is 0 Å². The quantitative estimate of drug-likeness (QED) is 0.736. The van der Waals surface area contributed by atoms with Crippen molar-refractivity contribution in [2.75, 3.05) is 0 Å². The third-order valence-electron chi connectivity index (χ3n) is 3.75. The molecule has 1 aromatic rings. The molecule has 2 heteroatoms. The molecular weight excluding hydrogens is 198 g/mol. The standard InChI is InChI=1S/C14H21NO/c1-11-4-3-6-14(16,7-5-11)13-8-12(2)9-15-10-13/h8-11,16H,3-7H2,1-2H3. The Hall–Kier alpha value is -0.890. The summed E-state index contributed by atoms with van der Waals surface area (Å²) in [4.78, 5) is 4.19. The van der Waals surface area contributed by atoms with Gasteiger partial charge in [0, 0.05) is 18.0 Å². The van der Waals surface area contributed by atoms with Gasteiger partial charge in [0.25, 0.3) is 0 Å². The summed E-state index contributed by atoms with van der Waals surface area (Å²) in [6, 6.07) is 2.07. The van der Waals surface area contributed by atoms with Crippen molar-refractivity contribution in [1.29, 1.82) is 0 Å². The number of aryl methyl sites for hydroxylation is 1. The van der Waals surface area contributed by atoms with Crippen LogP contribution in [0.2, 0.25) is 0 Å². The molecule has 0 radical (unpaired) electrons. The van der Waals surface area contributed by atoms with Crippen LogP contribution in [0.25, 0.3) is 0 Å². The van der Waals surface area contributed by atoms with Gasteiger partial charge in [0.1, 0.15) is 0 Å². The van der Waals surface area contributed by atoms with E-state index in [4.69, 9.17) is 0 Å². The Morgan fingerprint density at radius 3 is 2.88 bits per heavy atom. The van der Waals surface area contributed by atoms with Crippen LogP contribution in [0.3, 0.4) is 0 Å². The minimum Gasteiger partial charge on any atom is -0.385 e. The van der Waals surface area contributed by atoms with Crippen LogP contribution in [0.5, 0.6) is 0 Å². The summed E-state index contributed by atoms with van der Waals surface area (Å²) in [6.07, 6.45) is 8.88. The van der Waals surface area contributed by atoms with E-state index < -0.39 is 5.60 Å². The van der Waals surface area contributed by atoms with Gasteiger partial charge in [-0.2, -0.15) is 0 Å². The van der Waals surface area contributed by atoms with Crippen molar-refractivity contribution in [2.24, 2.45) is 5.92 Å². The molecule has 0 bridgehead atoms. The molecule has 2 nitrogen and oxygen atoms in total. The first-order valence-corrected chi connectivity index (χ1v) is 6.25. The van der Waals surface area contributed by atoms with Crippen molar-refractivity contribution in [3.8, 4) is 0 Å². The Morgan fingerprint density at radius 2 is 2.12 bits per heavy atom. The van der Waals surface area contributed by atoms with Crippen molar-refractivity contribution < 1.29 is 5.11 Å². The maximum absolute atomic E-state index is 10.7. The third kappa shape index (κ3) is 2.43. The number of aliphatic hydroxyl groups is 1. The molecule has 0 spiro atoms. The fraction of sp³-hybridized carbons (Fsp3) is 0.643. The van der Waals surface area contributed by atoms with Gasteiger partial charge in [-0.1, -0.05) is 19.4 Å². The molecule has 88 valence electrons. The van der Waals surface area contributed by atoms with Gasteiger partial charge in [-0.3, -0.25) is 4.98 Å². The lowest BCUT2D eigenvalue weighted by Gasteiger charge is -2.27. The van der Waals surface area contributed by atoms with Crippen LogP contribution in [-0.2, 0) is 5.60 Å². The maximum Gasteiger partial charge on any atom is 0.0911 e. The molecule has 1 heterocycles. The van der Waals surface area contributed by atoms with Crippen molar-refractivity contribution in [3.63, 3.8) is 0 Å². The summed E-state index contributed by atoms with van der Waals surface area (Å²) in [5, 5.41) is 10.7. The third-order valence-corrected chi connectivity index (χ3v) is 3.75. The van der Waals surface area contributed by atoms with Gasteiger partial charge in [-0.05, 0) is 44.1 Å². The second-order valence-corrected chi connectivity index (χ2v) is 5.32. The van der Waals surface area contributed by atoms with Crippen molar-refractivity contribution in [1.82, 2.24) is 4.98 Å². The van der Waals surface area contributed by atoms with Crippen LogP contribution in [0.15, 0.2) is 18.5 Å². The van der Waals surface area contributed by atoms with Crippen molar-refractivity contribution in [2.45, 2.75) is 51.6 Å². The number of nitrogens with zero attached hydrogens (tertiary/aromatic N) is 1. The SMILES string of the molecule is Cc1cncc(C2(O)CCCC(C)CC2)c1. The van der Waals surface area contributed by atoms with E-state index in [9.17, 15) is 5.11 Å². The number of rotatable bonds is 1. The zero-order valence-corrected chi connectivity index (χ0v) is 10.2. The second kappa shape index (κ2) is 4.54. The largest absolute Gasteiger partial charge is 0.385 e. The normalized spacial score (nSPS) is 31.1. The zero-order chi connectivity index (χ0) is 11.6. The van der Waals surface area contributed by atoms with E-state index in [1.54, 1.807) is 0 Å². The molecule has 1 fully saturated rings. The predicted octanol–water partition coefficient (Wildman–Crippen LogP) is 3.18. The first-order valence-electron chi connectivity index (χ1n) is 6.25. The lowest BCUT2D eigenvalue weighted by Crippen LogP contribution is -2.25. The van der Waals surface area contributed by atoms with Gasteiger partial charge in [0.2, 0.25) is 0 Å². The summed E-state index contributed by atoms with van der Waals surface area (Å²) >= 11 is 0. The highest BCUT2D eigenvalue weighted by Crippen LogP contribution is 2.37. The molecule has 1 aromatic heterocycles. The molecular formula is C14H21NO. The second-order valence-electron chi connectivity index (χ2n) is 5.32. The van der Waals surface area contributed by atoms with Gasteiger partial charge in [-0.25, -0.2) is 0 Å². The van der Waals surface area contributed by atoms with Crippen LogP contribution in [0.4, 0.5) is 0 Å². The van der Waals surface area contributed by atoms with Gasteiger partial charge in [-0.15, -0.1) is 0 Å². The maximum atomic E-state index is 10.7. The number of hydrogen-bond donors (Lipinski definition) is 1. The van der Waals surface area contributed by atoms with E-state index in [-0.39, 0.29) is 0 Å². The highest BCUT2D eigenvalue weighted by Gasteiger charge is 2.31. The summed E-state index contributed by atoms with van der Waals surface area (Å²) in [5.41, 5.74) is 1.49. The molecule has 1 aliphatic carbocycles. The van der Waals surface area contributed by atoms with E-state index in [0.717, 1.165) is 42.7 Å². The topological polar surface area (TPSA) is 33.1 Å². The van der Waals surface area contributed by atoms with Crippen LogP contribution in [0.1, 0.15) is 50.2 Å². The molecule has 0 aliphatic heterocycles.